The quantitative estimate of drug-likeness (QED) is 0.572. The molecule has 0 aliphatic heterocycles. The predicted molar refractivity (Wildman–Crippen MR) is 70.9 cm³/mol. The summed E-state index contributed by atoms with van der Waals surface area (Å²) in [6.07, 6.45) is 0. The number of anilines is 2. The maximum absolute atomic E-state index is 12.3. The number of para-hydroxylation sites is 2. The number of ether oxygens (including phenoxy) is 1. The lowest BCUT2D eigenvalue weighted by Gasteiger charge is -2.11. The molecule has 1 amide bonds. The molecule has 0 saturated carbocycles. The first-order valence-electron chi connectivity index (χ1n) is 5.75. The number of aromatic nitrogens is 2. The SMILES string of the molecule is NNc1ccc(C(=O)Nc2ccccc2OC(F)F)nn1. The molecular weight excluding hydrogens is 284 g/mol. The highest BCUT2D eigenvalue weighted by atomic mass is 19.3. The van der Waals surface area contributed by atoms with Gasteiger partial charge in [-0.05, 0) is 24.3 Å². The van der Waals surface area contributed by atoms with Crippen molar-refractivity contribution in [2.24, 2.45) is 5.84 Å². The zero-order valence-electron chi connectivity index (χ0n) is 10.6. The van der Waals surface area contributed by atoms with Crippen molar-refractivity contribution in [3.05, 3.63) is 42.1 Å². The monoisotopic (exact) mass is 295 g/mol. The Morgan fingerprint density at radius 3 is 2.57 bits per heavy atom. The number of nitrogens with zero attached hydrogens (tertiary/aromatic N) is 2. The summed E-state index contributed by atoms with van der Waals surface area (Å²) in [6.45, 7) is -2.99. The van der Waals surface area contributed by atoms with E-state index in [1.807, 2.05) is 0 Å². The summed E-state index contributed by atoms with van der Waals surface area (Å²) < 4.78 is 28.8. The van der Waals surface area contributed by atoms with Crippen molar-refractivity contribution in [3.8, 4) is 5.75 Å². The largest absolute Gasteiger partial charge is 0.433 e. The standard InChI is InChI=1S/C12H11F2N5O2/c13-12(14)21-9-4-2-1-3-7(9)16-11(20)8-5-6-10(17-15)19-18-8/h1-6,12H,15H2,(H,16,20)(H,17,19). The van der Waals surface area contributed by atoms with Crippen LogP contribution in [0.5, 0.6) is 5.75 Å². The van der Waals surface area contributed by atoms with E-state index in [1.54, 1.807) is 6.07 Å². The van der Waals surface area contributed by atoms with Crippen LogP contribution in [0.2, 0.25) is 0 Å². The molecule has 0 aliphatic carbocycles. The maximum Gasteiger partial charge on any atom is 0.387 e. The van der Waals surface area contributed by atoms with E-state index in [1.165, 1.54) is 30.3 Å². The highest BCUT2D eigenvalue weighted by Gasteiger charge is 2.13. The second kappa shape index (κ2) is 6.57. The fourth-order valence-electron chi connectivity index (χ4n) is 1.49. The number of nitrogens with one attached hydrogen (secondary N) is 2. The number of hydrazine groups is 1. The van der Waals surface area contributed by atoms with Gasteiger partial charge in [0.05, 0.1) is 5.69 Å². The van der Waals surface area contributed by atoms with Gasteiger partial charge in [0.15, 0.2) is 11.5 Å². The Balaban J connectivity index is 2.15. The number of hydrogen-bond donors (Lipinski definition) is 3. The van der Waals surface area contributed by atoms with Gasteiger partial charge in [-0.15, -0.1) is 10.2 Å². The average Bonchev–Trinajstić information content (AvgIpc) is 2.49. The first kappa shape index (κ1) is 14.6. The van der Waals surface area contributed by atoms with Crippen LogP contribution in [-0.2, 0) is 0 Å². The van der Waals surface area contributed by atoms with Crippen molar-refractivity contribution in [3.63, 3.8) is 0 Å². The molecule has 0 spiro atoms. The van der Waals surface area contributed by atoms with E-state index in [0.717, 1.165) is 0 Å². The first-order chi connectivity index (χ1) is 10.1. The van der Waals surface area contributed by atoms with E-state index in [4.69, 9.17) is 5.84 Å². The Morgan fingerprint density at radius 2 is 1.95 bits per heavy atom. The van der Waals surface area contributed by atoms with Gasteiger partial charge < -0.3 is 15.5 Å². The molecule has 4 N–H and O–H groups in total. The minimum absolute atomic E-state index is 0.000787. The number of amides is 1. The Labute approximate surface area is 118 Å². The van der Waals surface area contributed by atoms with Gasteiger partial charge >= 0.3 is 6.61 Å². The van der Waals surface area contributed by atoms with Gasteiger partial charge in [0, 0.05) is 0 Å². The molecule has 2 rings (SSSR count). The van der Waals surface area contributed by atoms with Gasteiger partial charge in [-0.1, -0.05) is 12.1 Å². The van der Waals surface area contributed by atoms with Crippen molar-refractivity contribution in [2.45, 2.75) is 6.61 Å². The van der Waals surface area contributed by atoms with Crippen molar-refractivity contribution in [1.29, 1.82) is 0 Å². The van der Waals surface area contributed by atoms with Gasteiger partial charge in [0.2, 0.25) is 0 Å². The molecule has 0 saturated heterocycles. The molecule has 7 nitrogen and oxygen atoms in total. The Bertz CT molecular complexity index is 621. The normalized spacial score (nSPS) is 10.3. The highest BCUT2D eigenvalue weighted by molar-refractivity contribution is 6.03. The summed E-state index contributed by atoms with van der Waals surface area (Å²) in [5.74, 6) is 4.65. The fraction of sp³-hybridized carbons (Fsp3) is 0.0833. The smallest absolute Gasteiger partial charge is 0.387 e. The van der Waals surface area contributed by atoms with Crippen LogP contribution >= 0.6 is 0 Å². The van der Waals surface area contributed by atoms with E-state index in [0.29, 0.717) is 0 Å². The fourth-order valence-corrected chi connectivity index (χ4v) is 1.49. The van der Waals surface area contributed by atoms with Crippen LogP contribution in [0, 0.1) is 0 Å². The van der Waals surface area contributed by atoms with Crippen molar-refractivity contribution >= 4 is 17.4 Å². The lowest BCUT2D eigenvalue weighted by atomic mass is 10.2. The summed E-state index contributed by atoms with van der Waals surface area (Å²) >= 11 is 0. The predicted octanol–water partition coefficient (Wildman–Crippen LogP) is 1.62. The van der Waals surface area contributed by atoms with Crippen LogP contribution in [0.3, 0.4) is 0 Å². The van der Waals surface area contributed by atoms with Crippen LogP contribution < -0.4 is 21.3 Å². The number of carbonyl (C=O) groups is 1. The summed E-state index contributed by atoms with van der Waals surface area (Å²) in [5, 5.41) is 9.69. The number of alkyl halides is 2. The van der Waals surface area contributed by atoms with Crippen molar-refractivity contribution in [1.82, 2.24) is 10.2 Å². The van der Waals surface area contributed by atoms with E-state index < -0.39 is 12.5 Å². The Hall–Kier alpha value is -2.81. The molecule has 9 heteroatoms. The molecule has 0 unspecified atom stereocenters. The number of carbonyl (C=O) groups excluding carboxylic acids is 1. The first-order valence-corrected chi connectivity index (χ1v) is 5.75. The van der Waals surface area contributed by atoms with Gasteiger partial charge in [0.1, 0.15) is 5.75 Å². The number of rotatable bonds is 5. The van der Waals surface area contributed by atoms with Crippen LogP contribution in [0.1, 0.15) is 10.5 Å². The van der Waals surface area contributed by atoms with E-state index in [-0.39, 0.29) is 22.9 Å². The molecule has 1 aromatic heterocycles. The highest BCUT2D eigenvalue weighted by Crippen LogP contribution is 2.25. The summed E-state index contributed by atoms with van der Waals surface area (Å²) in [5.41, 5.74) is 2.37. The molecule has 0 fully saturated rings. The number of hydrogen-bond acceptors (Lipinski definition) is 6. The third-order valence-electron chi connectivity index (χ3n) is 2.40. The molecule has 0 aliphatic rings. The molecule has 110 valence electrons. The third kappa shape index (κ3) is 3.83. The molecule has 0 radical (unpaired) electrons. The molecule has 21 heavy (non-hydrogen) atoms. The third-order valence-corrected chi connectivity index (χ3v) is 2.40. The zero-order chi connectivity index (χ0) is 15.2. The second-order valence-electron chi connectivity index (χ2n) is 3.78. The van der Waals surface area contributed by atoms with Crippen molar-refractivity contribution < 1.29 is 18.3 Å². The van der Waals surface area contributed by atoms with Gasteiger partial charge in [-0.2, -0.15) is 8.78 Å². The Morgan fingerprint density at radius 1 is 1.19 bits per heavy atom. The molecule has 0 bridgehead atoms. The summed E-state index contributed by atoms with van der Waals surface area (Å²) in [6, 6.07) is 8.65. The Kier molecular flexibility index (Phi) is 4.57. The number of halogens is 2. The minimum atomic E-state index is -2.99. The summed E-state index contributed by atoms with van der Waals surface area (Å²) in [4.78, 5) is 11.9. The van der Waals surface area contributed by atoms with Gasteiger partial charge in [-0.3, -0.25) is 4.79 Å². The van der Waals surface area contributed by atoms with E-state index >= 15 is 0 Å². The maximum atomic E-state index is 12.3. The van der Waals surface area contributed by atoms with Crippen LogP contribution in [0.25, 0.3) is 0 Å². The summed E-state index contributed by atoms with van der Waals surface area (Å²) in [7, 11) is 0. The van der Waals surface area contributed by atoms with Crippen molar-refractivity contribution in [2.75, 3.05) is 10.7 Å². The molecular formula is C12H11F2N5O2. The second-order valence-corrected chi connectivity index (χ2v) is 3.78. The minimum Gasteiger partial charge on any atom is -0.433 e. The number of nitrogen functional groups attached to an aromatic ring is 1. The average molecular weight is 295 g/mol. The van der Waals surface area contributed by atoms with Crippen LogP contribution in [0.4, 0.5) is 20.3 Å². The number of nitrogens with two attached hydrogens (primary N) is 1. The molecule has 0 atom stereocenters. The van der Waals surface area contributed by atoms with E-state index in [9.17, 15) is 13.6 Å². The number of benzene rings is 1. The lowest BCUT2D eigenvalue weighted by molar-refractivity contribution is -0.0493. The topological polar surface area (TPSA) is 102 Å². The van der Waals surface area contributed by atoms with Gasteiger partial charge in [0.25, 0.3) is 5.91 Å². The van der Waals surface area contributed by atoms with Crippen LogP contribution in [0.15, 0.2) is 36.4 Å². The van der Waals surface area contributed by atoms with Crippen LogP contribution in [-0.4, -0.2) is 22.7 Å². The van der Waals surface area contributed by atoms with E-state index in [2.05, 4.69) is 25.7 Å². The molecule has 1 heterocycles. The molecule has 2 aromatic rings. The van der Waals surface area contributed by atoms with Gasteiger partial charge in [-0.25, -0.2) is 5.84 Å². The lowest BCUT2D eigenvalue weighted by Crippen LogP contribution is -2.17. The molecule has 1 aromatic carbocycles. The zero-order valence-corrected chi connectivity index (χ0v) is 10.6.